The van der Waals surface area contributed by atoms with Crippen LogP contribution >= 0.6 is 0 Å². The van der Waals surface area contributed by atoms with Gasteiger partial charge in [-0.1, -0.05) is 35.9 Å². The van der Waals surface area contributed by atoms with Gasteiger partial charge in [-0.2, -0.15) is 0 Å². The van der Waals surface area contributed by atoms with E-state index in [1.165, 1.54) is 12.7 Å². The second-order valence-electron chi connectivity index (χ2n) is 6.75. The maximum Gasteiger partial charge on any atom is 0.337 e. The molecule has 0 bridgehead atoms. The van der Waals surface area contributed by atoms with E-state index < -0.39 is 18.0 Å². The van der Waals surface area contributed by atoms with Crippen molar-refractivity contribution in [2.45, 2.75) is 26.5 Å². The Labute approximate surface area is 169 Å². The number of allylic oxidation sites excluding steroid dienone is 1. The van der Waals surface area contributed by atoms with Crippen molar-refractivity contribution < 1.29 is 23.8 Å². The second kappa shape index (κ2) is 8.68. The van der Waals surface area contributed by atoms with Gasteiger partial charge in [0, 0.05) is 5.70 Å². The Morgan fingerprint density at radius 1 is 1.03 bits per heavy atom. The van der Waals surface area contributed by atoms with Crippen LogP contribution in [-0.4, -0.2) is 26.2 Å². The maximum absolute atomic E-state index is 12.3. The fraction of sp³-hybridized carbons (Fsp3) is 0.273. The molecule has 0 radical (unpaired) electrons. The van der Waals surface area contributed by atoms with Crippen LogP contribution in [0.1, 0.15) is 29.7 Å². The zero-order chi connectivity index (χ0) is 21.0. The summed E-state index contributed by atoms with van der Waals surface area (Å²) in [4.78, 5) is 24.3. The van der Waals surface area contributed by atoms with Crippen molar-refractivity contribution in [3.8, 4) is 11.5 Å². The van der Waals surface area contributed by atoms with E-state index in [9.17, 15) is 9.59 Å². The fourth-order valence-corrected chi connectivity index (χ4v) is 3.16. The number of ether oxygens (including phenoxy) is 3. The van der Waals surface area contributed by atoms with Crippen LogP contribution in [0.5, 0.6) is 11.5 Å². The van der Waals surface area contributed by atoms with Gasteiger partial charge >= 0.3 is 12.0 Å². The molecule has 0 saturated heterocycles. The molecule has 29 heavy (non-hydrogen) atoms. The second-order valence-corrected chi connectivity index (χ2v) is 6.75. The number of benzene rings is 2. The highest BCUT2D eigenvalue weighted by atomic mass is 16.5. The van der Waals surface area contributed by atoms with Crippen LogP contribution in [0, 0.1) is 6.92 Å². The lowest BCUT2D eigenvalue weighted by Gasteiger charge is -2.28. The predicted octanol–water partition coefficient (Wildman–Crippen LogP) is 3.38. The van der Waals surface area contributed by atoms with Gasteiger partial charge in [-0.15, -0.1) is 0 Å². The zero-order valence-corrected chi connectivity index (χ0v) is 16.9. The number of methoxy groups -OCH3 is 2. The summed E-state index contributed by atoms with van der Waals surface area (Å²) in [6.45, 7) is 4.05. The topological polar surface area (TPSA) is 85.9 Å². The third-order valence-corrected chi connectivity index (χ3v) is 4.71. The number of rotatable bonds is 6. The van der Waals surface area contributed by atoms with Crippen molar-refractivity contribution in [3.63, 3.8) is 0 Å². The lowest BCUT2D eigenvalue weighted by Crippen LogP contribution is -2.45. The molecule has 0 aliphatic carbocycles. The van der Waals surface area contributed by atoms with Crippen molar-refractivity contribution in [1.29, 1.82) is 0 Å². The molecule has 7 heteroatoms. The van der Waals surface area contributed by atoms with Gasteiger partial charge in [0.1, 0.15) is 6.61 Å². The normalized spacial score (nSPS) is 16.0. The molecule has 152 valence electrons. The number of nitrogens with one attached hydrogen (secondary N) is 2. The molecule has 1 atom stereocenters. The smallest absolute Gasteiger partial charge is 0.337 e. The molecule has 0 aromatic heterocycles. The zero-order valence-electron chi connectivity index (χ0n) is 16.9. The summed E-state index contributed by atoms with van der Waals surface area (Å²) in [5, 5.41) is 5.37. The molecule has 7 nitrogen and oxygen atoms in total. The van der Waals surface area contributed by atoms with E-state index in [4.69, 9.17) is 14.2 Å². The molecule has 1 aliphatic rings. The number of esters is 1. The van der Waals surface area contributed by atoms with E-state index in [-0.39, 0.29) is 0 Å². The molecule has 2 N–H and O–H groups in total. The average molecular weight is 396 g/mol. The van der Waals surface area contributed by atoms with Crippen molar-refractivity contribution >= 4 is 12.0 Å². The first-order chi connectivity index (χ1) is 13.9. The minimum atomic E-state index is -0.663. The average Bonchev–Trinajstić information content (AvgIpc) is 2.72. The van der Waals surface area contributed by atoms with Crippen LogP contribution in [0.2, 0.25) is 0 Å². The van der Waals surface area contributed by atoms with Gasteiger partial charge in [-0.3, -0.25) is 0 Å². The van der Waals surface area contributed by atoms with Gasteiger partial charge < -0.3 is 24.8 Å². The third-order valence-electron chi connectivity index (χ3n) is 4.71. The number of carbonyl (C=O) groups excluding carboxylic acids is 2. The van der Waals surface area contributed by atoms with E-state index in [0.29, 0.717) is 34.9 Å². The minimum Gasteiger partial charge on any atom is -0.493 e. The summed E-state index contributed by atoms with van der Waals surface area (Å²) in [5.41, 5.74) is 3.65. The summed E-state index contributed by atoms with van der Waals surface area (Å²) in [7, 11) is 2.87. The van der Waals surface area contributed by atoms with E-state index in [2.05, 4.69) is 10.6 Å². The highest BCUT2D eigenvalue weighted by molar-refractivity contribution is 5.95. The van der Waals surface area contributed by atoms with Gasteiger partial charge in [0.05, 0.1) is 25.8 Å². The first kappa shape index (κ1) is 20.3. The van der Waals surface area contributed by atoms with Gasteiger partial charge in [0.25, 0.3) is 0 Å². The Balaban J connectivity index is 1.92. The number of carbonyl (C=O) groups is 2. The summed E-state index contributed by atoms with van der Waals surface area (Å²) in [6.07, 6.45) is 0. The molecular weight excluding hydrogens is 372 g/mol. The molecule has 1 aliphatic heterocycles. The molecule has 2 amide bonds. The Morgan fingerprint density at radius 2 is 1.76 bits per heavy atom. The third kappa shape index (κ3) is 4.51. The van der Waals surface area contributed by atoms with E-state index >= 15 is 0 Å². The van der Waals surface area contributed by atoms with Gasteiger partial charge in [-0.25, -0.2) is 9.59 Å². The summed E-state index contributed by atoms with van der Waals surface area (Å²) in [6, 6.07) is 12.3. The molecule has 1 heterocycles. The van der Waals surface area contributed by atoms with Crippen molar-refractivity contribution in [2.24, 2.45) is 0 Å². The van der Waals surface area contributed by atoms with E-state index in [0.717, 1.165) is 5.56 Å². The molecule has 0 saturated carbocycles. The lowest BCUT2D eigenvalue weighted by molar-refractivity contribution is -0.136. The monoisotopic (exact) mass is 396 g/mol. The van der Waals surface area contributed by atoms with Gasteiger partial charge in [0.15, 0.2) is 11.5 Å². The molecule has 2 aromatic carbocycles. The van der Waals surface area contributed by atoms with Crippen LogP contribution < -0.4 is 20.1 Å². The van der Waals surface area contributed by atoms with Crippen LogP contribution in [-0.2, 0) is 16.1 Å². The maximum atomic E-state index is 12.3. The SMILES string of the molecule is COC(=O)C1=C(C)NC(=O)NC1c1ccc(OC)c(OCc2ccc(C)cc2)c1. The number of amides is 2. The Kier molecular flexibility index (Phi) is 6.07. The summed E-state index contributed by atoms with van der Waals surface area (Å²) >= 11 is 0. The minimum absolute atomic E-state index is 0.335. The highest BCUT2D eigenvalue weighted by Gasteiger charge is 2.32. The van der Waals surface area contributed by atoms with Crippen LogP contribution in [0.25, 0.3) is 0 Å². The fourth-order valence-electron chi connectivity index (χ4n) is 3.16. The van der Waals surface area contributed by atoms with Crippen LogP contribution in [0.4, 0.5) is 4.79 Å². The largest absolute Gasteiger partial charge is 0.493 e. The molecular formula is C22H24N2O5. The van der Waals surface area contributed by atoms with E-state index in [1.54, 1.807) is 32.2 Å². The number of hydrogen-bond donors (Lipinski definition) is 2. The predicted molar refractivity (Wildman–Crippen MR) is 108 cm³/mol. The molecule has 1 unspecified atom stereocenters. The van der Waals surface area contributed by atoms with Crippen LogP contribution in [0.3, 0.4) is 0 Å². The van der Waals surface area contributed by atoms with Crippen molar-refractivity contribution in [1.82, 2.24) is 10.6 Å². The highest BCUT2D eigenvalue weighted by Crippen LogP contribution is 2.35. The van der Waals surface area contributed by atoms with Crippen LogP contribution in [0.15, 0.2) is 53.7 Å². The first-order valence-corrected chi connectivity index (χ1v) is 9.15. The van der Waals surface area contributed by atoms with E-state index in [1.807, 2.05) is 31.2 Å². The standard InChI is InChI=1S/C22H24N2O5/c1-13-5-7-15(8-6-13)12-29-18-11-16(9-10-17(18)27-3)20-19(21(25)28-4)14(2)23-22(26)24-20/h5-11,20H,12H2,1-4H3,(H2,23,24,26). The molecule has 0 spiro atoms. The first-order valence-electron chi connectivity index (χ1n) is 9.15. The Bertz CT molecular complexity index is 950. The Morgan fingerprint density at radius 3 is 2.41 bits per heavy atom. The Hall–Kier alpha value is -3.48. The van der Waals surface area contributed by atoms with Crippen molar-refractivity contribution in [3.05, 3.63) is 70.4 Å². The summed E-state index contributed by atoms with van der Waals surface area (Å²) in [5.74, 6) is 0.555. The number of hydrogen-bond acceptors (Lipinski definition) is 5. The molecule has 3 rings (SSSR count). The number of aryl methyl sites for hydroxylation is 1. The molecule has 2 aromatic rings. The quantitative estimate of drug-likeness (QED) is 0.731. The van der Waals surface area contributed by atoms with Gasteiger partial charge in [0.2, 0.25) is 0 Å². The van der Waals surface area contributed by atoms with Crippen molar-refractivity contribution in [2.75, 3.05) is 14.2 Å². The lowest BCUT2D eigenvalue weighted by atomic mass is 9.95. The number of urea groups is 1. The molecule has 0 fully saturated rings. The van der Waals surface area contributed by atoms with Gasteiger partial charge in [-0.05, 0) is 37.1 Å². The summed E-state index contributed by atoms with van der Waals surface area (Å²) < 4.78 is 16.3.